The molecule has 1 unspecified atom stereocenters. The number of piperidine rings is 1. The van der Waals surface area contributed by atoms with Gasteiger partial charge in [-0.2, -0.15) is 0 Å². The topological polar surface area (TPSA) is 119 Å². The van der Waals surface area contributed by atoms with Crippen LogP contribution in [0.25, 0.3) is 5.95 Å². The first-order valence-corrected chi connectivity index (χ1v) is 10.6. The monoisotopic (exact) mass is 435 g/mol. The molecule has 2 aromatic heterocycles. The first kappa shape index (κ1) is 21.6. The molecule has 3 heterocycles. The van der Waals surface area contributed by atoms with E-state index in [9.17, 15) is 14.9 Å². The molecule has 166 valence electrons. The lowest BCUT2D eigenvalue weighted by Crippen LogP contribution is -2.43. The number of carbonyl (C=O) groups is 1. The van der Waals surface area contributed by atoms with Crippen LogP contribution in [0.15, 0.2) is 49.1 Å². The van der Waals surface area contributed by atoms with Gasteiger partial charge in [0.1, 0.15) is 12.4 Å². The molecule has 0 aliphatic carbocycles. The molecule has 0 saturated carbocycles. The molecule has 1 saturated heterocycles. The van der Waals surface area contributed by atoms with Gasteiger partial charge in [0.15, 0.2) is 0 Å². The highest BCUT2D eigenvalue weighted by molar-refractivity contribution is 5.82. The Hall–Kier alpha value is -3.66. The van der Waals surface area contributed by atoms with Crippen molar-refractivity contribution < 1.29 is 9.72 Å². The van der Waals surface area contributed by atoms with Crippen LogP contribution in [0.5, 0.6) is 0 Å². The number of nitro groups is 1. The fraction of sp³-hybridized carbons (Fsp3) is 0.364. The SMILES string of the molecule is Cc1cc(C(C(=O)NCc2ccc([N+](=O)[O-])cc2)N2CCCCC2)nc(-n2ccnc2)n1. The minimum absolute atomic E-state index is 0.0229. The molecule has 0 spiro atoms. The van der Waals surface area contributed by atoms with Crippen molar-refractivity contribution in [1.29, 1.82) is 0 Å². The number of non-ortho nitro benzene ring substituents is 1. The van der Waals surface area contributed by atoms with Gasteiger partial charge in [-0.3, -0.25) is 24.4 Å². The number of rotatable bonds is 7. The molecule has 10 nitrogen and oxygen atoms in total. The summed E-state index contributed by atoms with van der Waals surface area (Å²) in [7, 11) is 0. The second kappa shape index (κ2) is 9.65. The lowest BCUT2D eigenvalue weighted by molar-refractivity contribution is -0.384. The summed E-state index contributed by atoms with van der Waals surface area (Å²) in [6.07, 6.45) is 8.27. The van der Waals surface area contributed by atoms with Crippen molar-refractivity contribution in [2.24, 2.45) is 0 Å². The van der Waals surface area contributed by atoms with E-state index in [1.165, 1.54) is 12.1 Å². The summed E-state index contributed by atoms with van der Waals surface area (Å²) in [5.41, 5.74) is 2.22. The first-order chi connectivity index (χ1) is 15.5. The van der Waals surface area contributed by atoms with Gasteiger partial charge in [0.05, 0.1) is 10.6 Å². The van der Waals surface area contributed by atoms with Gasteiger partial charge in [0.25, 0.3) is 5.69 Å². The smallest absolute Gasteiger partial charge is 0.269 e. The Labute approximate surface area is 185 Å². The summed E-state index contributed by atoms with van der Waals surface area (Å²) in [6.45, 7) is 3.80. The molecule has 1 N–H and O–H groups in total. The van der Waals surface area contributed by atoms with Crippen LogP contribution >= 0.6 is 0 Å². The molecule has 1 aliphatic heterocycles. The summed E-state index contributed by atoms with van der Waals surface area (Å²) in [6, 6.07) is 7.49. The fourth-order valence-electron chi connectivity index (χ4n) is 3.89. The predicted octanol–water partition coefficient (Wildman–Crippen LogP) is 2.72. The third-order valence-electron chi connectivity index (χ3n) is 5.50. The minimum Gasteiger partial charge on any atom is -0.350 e. The van der Waals surface area contributed by atoms with E-state index in [0.29, 0.717) is 11.6 Å². The number of nitrogens with zero attached hydrogens (tertiary/aromatic N) is 6. The van der Waals surface area contributed by atoms with Crippen LogP contribution in [0.3, 0.4) is 0 Å². The number of nitro benzene ring substituents is 1. The molecule has 4 rings (SSSR count). The summed E-state index contributed by atoms with van der Waals surface area (Å²) in [5, 5.41) is 13.8. The van der Waals surface area contributed by atoms with Crippen LogP contribution < -0.4 is 5.32 Å². The molecule has 1 fully saturated rings. The lowest BCUT2D eigenvalue weighted by Gasteiger charge is -2.33. The number of aryl methyl sites for hydroxylation is 1. The van der Waals surface area contributed by atoms with Crippen molar-refractivity contribution in [3.63, 3.8) is 0 Å². The highest BCUT2D eigenvalue weighted by Gasteiger charge is 2.30. The molecule has 3 aromatic rings. The van der Waals surface area contributed by atoms with Gasteiger partial charge in [-0.15, -0.1) is 0 Å². The predicted molar refractivity (Wildman–Crippen MR) is 117 cm³/mol. The number of aromatic nitrogens is 4. The van der Waals surface area contributed by atoms with Gasteiger partial charge >= 0.3 is 0 Å². The van der Waals surface area contributed by atoms with E-state index in [1.807, 2.05) is 13.0 Å². The number of carbonyl (C=O) groups excluding carboxylic acids is 1. The largest absolute Gasteiger partial charge is 0.350 e. The molecule has 1 aromatic carbocycles. The molecular weight excluding hydrogens is 410 g/mol. The molecule has 10 heteroatoms. The second-order valence-electron chi connectivity index (χ2n) is 7.84. The molecule has 0 bridgehead atoms. The highest BCUT2D eigenvalue weighted by atomic mass is 16.6. The Kier molecular flexibility index (Phi) is 6.50. The number of nitrogens with one attached hydrogen (secondary N) is 1. The lowest BCUT2D eigenvalue weighted by atomic mass is 10.0. The normalized spacial score (nSPS) is 15.3. The minimum atomic E-state index is -0.544. The number of imidazole rings is 1. The second-order valence-corrected chi connectivity index (χ2v) is 7.84. The standard InChI is InChI=1S/C22H25N7O3/c1-16-13-19(26-22(25-16)28-12-9-23-15-28)20(27-10-3-2-4-11-27)21(30)24-14-17-5-7-18(8-6-17)29(31)32/h5-9,12-13,15,20H,2-4,10-11,14H2,1H3,(H,24,30). The number of hydrogen-bond donors (Lipinski definition) is 1. The van der Waals surface area contributed by atoms with Crippen LogP contribution in [-0.4, -0.2) is 48.3 Å². The average molecular weight is 435 g/mol. The van der Waals surface area contributed by atoms with Crippen LogP contribution in [0, 0.1) is 17.0 Å². The summed E-state index contributed by atoms with van der Waals surface area (Å²) < 4.78 is 1.72. The Morgan fingerprint density at radius 2 is 1.94 bits per heavy atom. The van der Waals surface area contributed by atoms with Crippen LogP contribution in [0.2, 0.25) is 0 Å². The Morgan fingerprint density at radius 1 is 1.19 bits per heavy atom. The van der Waals surface area contributed by atoms with E-state index in [-0.39, 0.29) is 18.1 Å². The average Bonchev–Trinajstić information content (AvgIpc) is 3.34. The van der Waals surface area contributed by atoms with Gasteiger partial charge < -0.3 is 5.32 Å². The molecule has 0 radical (unpaired) electrons. The maximum atomic E-state index is 13.4. The number of amides is 1. The van der Waals surface area contributed by atoms with E-state index in [2.05, 4.69) is 20.2 Å². The van der Waals surface area contributed by atoms with Crippen LogP contribution in [0.1, 0.15) is 42.3 Å². The Balaban J connectivity index is 1.58. The maximum Gasteiger partial charge on any atom is 0.269 e. The van der Waals surface area contributed by atoms with Gasteiger partial charge in [-0.1, -0.05) is 18.6 Å². The zero-order valence-electron chi connectivity index (χ0n) is 17.8. The molecular formula is C22H25N7O3. The summed E-state index contributed by atoms with van der Waals surface area (Å²) in [5.74, 6) is 0.322. The number of likely N-dealkylation sites (tertiary alicyclic amines) is 1. The van der Waals surface area contributed by atoms with Crippen molar-refractivity contribution in [3.05, 3.63) is 76.1 Å². The molecule has 1 aliphatic rings. The van der Waals surface area contributed by atoms with Crippen molar-refractivity contribution in [1.82, 2.24) is 29.7 Å². The van der Waals surface area contributed by atoms with Gasteiger partial charge in [-0.25, -0.2) is 15.0 Å². The van der Waals surface area contributed by atoms with Crippen molar-refractivity contribution in [3.8, 4) is 5.95 Å². The quantitative estimate of drug-likeness (QED) is 0.448. The zero-order chi connectivity index (χ0) is 22.5. The third-order valence-corrected chi connectivity index (χ3v) is 5.50. The van der Waals surface area contributed by atoms with Crippen molar-refractivity contribution in [2.75, 3.05) is 13.1 Å². The van der Waals surface area contributed by atoms with Crippen LogP contribution in [0.4, 0.5) is 5.69 Å². The van der Waals surface area contributed by atoms with Gasteiger partial charge in [-0.05, 0) is 44.5 Å². The Morgan fingerprint density at radius 3 is 2.59 bits per heavy atom. The first-order valence-electron chi connectivity index (χ1n) is 10.6. The van der Waals surface area contributed by atoms with Crippen molar-refractivity contribution in [2.45, 2.75) is 38.8 Å². The van der Waals surface area contributed by atoms with E-state index >= 15 is 0 Å². The summed E-state index contributed by atoms with van der Waals surface area (Å²) in [4.78, 5) is 39.2. The van der Waals surface area contributed by atoms with E-state index in [1.54, 1.807) is 35.4 Å². The number of hydrogen-bond acceptors (Lipinski definition) is 7. The van der Waals surface area contributed by atoms with E-state index in [0.717, 1.165) is 43.6 Å². The Bertz CT molecular complexity index is 1080. The molecule has 1 amide bonds. The molecule has 32 heavy (non-hydrogen) atoms. The van der Waals surface area contributed by atoms with Gasteiger partial charge in [0, 0.05) is 36.8 Å². The number of benzene rings is 1. The van der Waals surface area contributed by atoms with E-state index < -0.39 is 11.0 Å². The van der Waals surface area contributed by atoms with Crippen LogP contribution in [-0.2, 0) is 11.3 Å². The zero-order valence-corrected chi connectivity index (χ0v) is 17.8. The maximum absolute atomic E-state index is 13.4. The van der Waals surface area contributed by atoms with E-state index in [4.69, 9.17) is 4.98 Å². The van der Waals surface area contributed by atoms with Crippen molar-refractivity contribution >= 4 is 11.6 Å². The molecule has 1 atom stereocenters. The highest BCUT2D eigenvalue weighted by Crippen LogP contribution is 2.25. The third kappa shape index (κ3) is 4.97. The van der Waals surface area contributed by atoms with Gasteiger partial charge in [0.2, 0.25) is 11.9 Å². The summed E-state index contributed by atoms with van der Waals surface area (Å²) >= 11 is 0. The fourth-order valence-corrected chi connectivity index (χ4v) is 3.89.